The molecule has 0 aliphatic heterocycles. The fourth-order valence-corrected chi connectivity index (χ4v) is 6.11. The normalized spacial score (nSPS) is 13.8. The maximum atomic E-state index is 12.6. The summed E-state index contributed by atoms with van der Waals surface area (Å²) >= 11 is 5.87. The van der Waals surface area contributed by atoms with E-state index >= 15 is 0 Å². The molecule has 0 bridgehead atoms. The Balaban J connectivity index is 1.01. The van der Waals surface area contributed by atoms with E-state index in [-0.39, 0.29) is 36.4 Å². The molecule has 0 unspecified atom stereocenters. The number of sulfonamides is 1. The highest BCUT2D eigenvalue weighted by Gasteiger charge is 2.18. The van der Waals surface area contributed by atoms with E-state index in [1.165, 1.54) is 37.8 Å². The second-order valence-corrected chi connectivity index (χ2v) is 13.0. The van der Waals surface area contributed by atoms with Crippen molar-refractivity contribution in [1.29, 1.82) is 0 Å². The Labute approximate surface area is 261 Å². The van der Waals surface area contributed by atoms with Gasteiger partial charge < -0.3 is 25.1 Å². The SMILES string of the molecule is Nc1nc(OCC2CCCC2)nc2c1ncn2CCCCOC(=O)NCc1ccc(S(=O)(=O)NCc2ccc(Cl)cc2)cc1. The molecular weight excluding hydrogens is 606 g/mol. The highest BCUT2D eigenvalue weighted by Crippen LogP contribution is 2.26. The van der Waals surface area contributed by atoms with Crippen LogP contribution in [0.2, 0.25) is 5.02 Å². The van der Waals surface area contributed by atoms with Crippen LogP contribution in [-0.4, -0.2) is 47.2 Å². The maximum absolute atomic E-state index is 12.6. The number of carbonyl (C=O) groups is 1. The van der Waals surface area contributed by atoms with Crippen LogP contribution in [0.1, 0.15) is 49.7 Å². The number of nitrogens with two attached hydrogens (primary N) is 1. The smallest absolute Gasteiger partial charge is 0.407 e. The molecule has 1 fully saturated rings. The summed E-state index contributed by atoms with van der Waals surface area (Å²) in [7, 11) is -3.69. The number of imidazole rings is 1. The molecule has 0 radical (unpaired) electrons. The highest BCUT2D eigenvalue weighted by atomic mass is 35.5. The van der Waals surface area contributed by atoms with Crippen molar-refractivity contribution in [2.45, 2.75) is 63.1 Å². The topological polar surface area (TPSA) is 163 Å². The van der Waals surface area contributed by atoms with Gasteiger partial charge in [-0.2, -0.15) is 9.97 Å². The lowest BCUT2D eigenvalue weighted by Gasteiger charge is -2.11. The summed E-state index contributed by atoms with van der Waals surface area (Å²) in [6.45, 7) is 1.79. The van der Waals surface area contributed by atoms with Gasteiger partial charge in [-0.05, 0) is 67.0 Å². The van der Waals surface area contributed by atoms with Crippen LogP contribution < -0.4 is 20.5 Å². The molecule has 2 heterocycles. The number of hydrogen-bond donors (Lipinski definition) is 3. The number of aryl methyl sites for hydroxylation is 1. The van der Waals surface area contributed by atoms with Gasteiger partial charge in [0.15, 0.2) is 11.5 Å². The Kier molecular flexibility index (Phi) is 10.5. The van der Waals surface area contributed by atoms with Crippen LogP contribution in [0.15, 0.2) is 59.8 Å². The van der Waals surface area contributed by atoms with E-state index in [1.807, 2.05) is 4.57 Å². The number of amides is 1. The van der Waals surface area contributed by atoms with Gasteiger partial charge in [-0.1, -0.05) is 48.7 Å². The van der Waals surface area contributed by atoms with Crippen molar-refractivity contribution >= 4 is 44.7 Å². The number of halogens is 1. The minimum atomic E-state index is -3.69. The van der Waals surface area contributed by atoms with Crippen molar-refractivity contribution in [2.75, 3.05) is 18.9 Å². The second kappa shape index (κ2) is 14.7. The average molecular weight is 642 g/mol. The van der Waals surface area contributed by atoms with Crippen molar-refractivity contribution in [3.8, 4) is 6.01 Å². The molecule has 14 heteroatoms. The monoisotopic (exact) mass is 641 g/mol. The first-order valence-electron chi connectivity index (χ1n) is 14.6. The third-order valence-corrected chi connectivity index (χ3v) is 9.14. The predicted octanol–water partition coefficient (Wildman–Crippen LogP) is 4.82. The van der Waals surface area contributed by atoms with Crippen LogP contribution in [0.25, 0.3) is 11.2 Å². The Bertz CT molecular complexity index is 1660. The summed E-state index contributed by atoms with van der Waals surface area (Å²) in [6.07, 6.45) is 7.29. The molecule has 0 spiro atoms. The van der Waals surface area contributed by atoms with Crippen LogP contribution in [0.3, 0.4) is 0 Å². The first-order chi connectivity index (χ1) is 21.3. The summed E-state index contributed by atoms with van der Waals surface area (Å²) in [4.78, 5) is 25.4. The van der Waals surface area contributed by atoms with Gasteiger partial charge in [0.1, 0.15) is 5.52 Å². The standard InChI is InChI=1S/C30H36ClN7O5S/c31-24-11-7-22(8-12-24)18-35-44(40,41)25-13-9-21(10-14-25)17-33-30(39)42-16-4-3-15-38-20-34-26-27(32)36-29(37-28(26)38)43-19-23-5-1-2-6-23/h7-14,20,23,35H,1-6,15-19H2,(H,33,39)(H2,32,36,37). The van der Waals surface area contributed by atoms with E-state index < -0.39 is 16.1 Å². The molecule has 2 aromatic heterocycles. The summed E-state index contributed by atoms with van der Waals surface area (Å²) in [5.41, 5.74) is 8.77. The molecule has 4 N–H and O–H groups in total. The zero-order valence-corrected chi connectivity index (χ0v) is 25.8. The molecule has 4 aromatic rings. The Morgan fingerprint density at radius 3 is 2.45 bits per heavy atom. The zero-order chi connectivity index (χ0) is 30.9. The summed E-state index contributed by atoms with van der Waals surface area (Å²) in [5, 5.41) is 3.27. The molecule has 1 aliphatic rings. The summed E-state index contributed by atoms with van der Waals surface area (Å²) < 4.78 is 40.8. The van der Waals surface area contributed by atoms with Gasteiger partial charge in [-0.3, -0.25) is 0 Å². The molecule has 2 aromatic carbocycles. The quantitative estimate of drug-likeness (QED) is 0.164. The van der Waals surface area contributed by atoms with Crippen LogP contribution in [-0.2, 0) is 34.4 Å². The van der Waals surface area contributed by atoms with E-state index in [2.05, 4.69) is 25.0 Å². The number of alkyl carbamates (subject to hydrolysis) is 1. The Morgan fingerprint density at radius 1 is 1.00 bits per heavy atom. The van der Waals surface area contributed by atoms with Crippen molar-refractivity contribution in [1.82, 2.24) is 29.6 Å². The molecule has 12 nitrogen and oxygen atoms in total. The molecule has 0 saturated heterocycles. The molecule has 44 heavy (non-hydrogen) atoms. The van der Waals surface area contributed by atoms with Gasteiger partial charge in [0, 0.05) is 24.7 Å². The van der Waals surface area contributed by atoms with Crippen molar-refractivity contribution in [2.24, 2.45) is 5.92 Å². The summed E-state index contributed by atoms with van der Waals surface area (Å²) in [5.74, 6) is 0.827. The van der Waals surface area contributed by atoms with Crippen molar-refractivity contribution in [3.05, 3.63) is 71.0 Å². The van der Waals surface area contributed by atoms with Crippen molar-refractivity contribution in [3.63, 3.8) is 0 Å². The number of nitrogens with zero attached hydrogens (tertiary/aromatic N) is 4. The largest absolute Gasteiger partial charge is 0.463 e. The molecular formula is C30H36ClN7O5S. The molecule has 1 aliphatic carbocycles. The lowest BCUT2D eigenvalue weighted by atomic mass is 10.1. The number of ether oxygens (including phenoxy) is 2. The number of unbranched alkanes of at least 4 members (excludes halogenated alkanes) is 1. The maximum Gasteiger partial charge on any atom is 0.407 e. The first kappa shape index (κ1) is 31.5. The lowest BCUT2D eigenvalue weighted by molar-refractivity contribution is 0.143. The number of nitrogens with one attached hydrogen (secondary N) is 2. The van der Waals surface area contributed by atoms with Crippen LogP contribution >= 0.6 is 11.6 Å². The molecule has 234 valence electrons. The molecule has 5 rings (SSSR count). The third kappa shape index (κ3) is 8.58. The van der Waals surface area contributed by atoms with Gasteiger partial charge >= 0.3 is 12.1 Å². The fraction of sp³-hybridized carbons (Fsp3) is 0.400. The average Bonchev–Trinajstić information content (AvgIpc) is 3.69. The zero-order valence-electron chi connectivity index (χ0n) is 24.2. The minimum absolute atomic E-state index is 0.130. The first-order valence-corrected chi connectivity index (χ1v) is 16.5. The van der Waals surface area contributed by atoms with E-state index in [4.69, 9.17) is 26.8 Å². The predicted molar refractivity (Wildman–Crippen MR) is 167 cm³/mol. The van der Waals surface area contributed by atoms with Gasteiger partial charge in [-0.15, -0.1) is 0 Å². The van der Waals surface area contributed by atoms with Gasteiger partial charge in [0.25, 0.3) is 0 Å². The van der Waals surface area contributed by atoms with Gasteiger partial charge in [-0.25, -0.2) is 22.9 Å². The third-order valence-electron chi connectivity index (χ3n) is 7.47. The van der Waals surface area contributed by atoms with E-state index in [0.29, 0.717) is 41.7 Å². The highest BCUT2D eigenvalue weighted by molar-refractivity contribution is 7.89. The van der Waals surface area contributed by atoms with E-state index in [0.717, 1.165) is 17.5 Å². The number of carbonyl (C=O) groups excluding carboxylic acids is 1. The molecule has 0 atom stereocenters. The number of aromatic nitrogens is 4. The number of benzene rings is 2. The van der Waals surface area contributed by atoms with Crippen LogP contribution in [0.5, 0.6) is 6.01 Å². The number of anilines is 1. The second-order valence-electron chi connectivity index (χ2n) is 10.8. The van der Waals surface area contributed by atoms with Crippen LogP contribution in [0, 0.1) is 5.92 Å². The summed E-state index contributed by atoms with van der Waals surface area (Å²) in [6, 6.07) is 13.5. The number of fused-ring (bicyclic) bond motifs is 1. The molecule has 1 amide bonds. The molecule has 1 saturated carbocycles. The minimum Gasteiger partial charge on any atom is -0.463 e. The van der Waals surface area contributed by atoms with Gasteiger partial charge in [0.05, 0.1) is 24.4 Å². The van der Waals surface area contributed by atoms with Gasteiger partial charge in [0.2, 0.25) is 10.0 Å². The van der Waals surface area contributed by atoms with E-state index in [1.54, 1.807) is 42.7 Å². The fourth-order valence-electron chi connectivity index (χ4n) is 4.97. The Hall–Kier alpha value is -3.94. The lowest BCUT2D eigenvalue weighted by Crippen LogP contribution is -2.25. The number of nitrogen functional groups attached to an aromatic ring is 1. The number of rotatable bonds is 14. The Morgan fingerprint density at radius 2 is 1.70 bits per heavy atom. The van der Waals surface area contributed by atoms with Crippen molar-refractivity contribution < 1.29 is 22.7 Å². The van der Waals surface area contributed by atoms with E-state index in [9.17, 15) is 13.2 Å². The van der Waals surface area contributed by atoms with Crippen LogP contribution in [0.4, 0.5) is 10.6 Å². The number of hydrogen-bond acceptors (Lipinski definition) is 9.